The zero-order valence-corrected chi connectivity index (χ0v) is 13.0. The highest BCUT2D eigenvalue weighted by molar-refractivity contribution is 7.13. The number of aromatic nitrogens is 1. The molecule has 1 aliphatic rings. The minimum Gasteiger partial charge on any atom is -0.477 e. The van der Waals surface area contributed by atoms with Gasteiger partial charge in [-0.15, -0.1) is 11.3 Å². The number of carbonyl (C=O) groups is 1. The van der Waals surface area contributed by atoms with Crippen LogP contribution in [0.5, 0.6) is 0 Å². The molecular formula is C14H21NO4S. The van der Waals surface area contributed by atoms with Crippen molar-refractivity contribution in [3.63, 3.8) is 0 Å². The van der Waals surface area contributed by atoms with Crippen LogP contribution in [0.15, 0.2) is 0 Å². The van der Waals surface area contributed by atoms with E-state index in [0.717, 1.165) is 17.8 Å². The molecule has 0 spiro atoms. The maximum atomic E-state index is 11.4. The van der Waals surface area contributed by atoms with E-state index in [2.05, 4.69) is 4.98 Å². The normalized spacial score (nSPS) is 18.4. The standard InChI is InChI=1S/C14H21NO4S/c1-4-19-14(5-7-18-8-6-14)13-15-10(9(2)3)11(20-13)12(16)17/h9H,4-8H2,1-3H3,(H,16,17). The molecule has 1 aromatic rings. The van der Waals surface area contributed by atoms with E-state index in [0.29, 0.717) is 30.4 Å². The Kier molecular flexibility index (Phi) is 4.78. The van der Waals surface area contributed by atoms with Crippen molar-refractivity contribution in [2.75, 3.05) is 19.8 Å². The van der Waals surface area contributed by atoms with Gasteiger partial charge in [0.1, 0.15) is 15.5 Å². The van der Waals surface area contributed by atoms with Crippen LogP contribution in [-0.2, 0) is 15.1 Å². The van der Waals surface area contributed by atoms with Crippen molar-refractivity contribution < 1.29 is 19.4 Å². The zero-order chi connectivity index (χ0) is 14.8. The van der Waals surface area contributed by atoms with Crippen LogP contribution in [0.4, 0.5) is 0 Å². The molecule has 1 saturated heterocycles. The molecule has 6 heteroatoms. The molecule has 0 unspecified atom stereocenters. The quantitative estimate of drug-likeness (QED) is 0.905. The summed E-state index contributed by atoms with van der Waals surface area (Å²) >= 11 is 1.25. The first-order valence-corrected chi connectivity index (χ1v) is 7.78. The van der Waals surface area contributed by atoms with Crippen LogP contribution in [-0.4, -0.2) is 35.9 Å². The van der Waals surface area contributed by atoms with E-state index in [-0.39, 0.29) is 5.92 Å². The topological polar surface area (TPSA) is 68.7 Å². The van der Waals surface area contributed by atoms with E-state index in [9.17, 15) is 9.90 Å². The molecule has 5 nitrogen and oxygen atoms in total. The minimum absolute atomic E-state index is 0.0876. The van der Waals surface area contributed by atoms with Crippen LogP contribution in [0.2, 0.25) is 0 Å². The van der Waals surface area contributed by atoms with Gasteiger partial charge in [0, 0.05) is 32.7 Å². The van der Waals surface area contributed by atoms with Crippen LogP contribution in [0.1, 0.15) is 59.9 Å². The summed E-state index contributed by atoms with van der Waals surface area (Å²) in [5.74, 6) is -0.819. The molecule has 0 saturated carbocycles. The number of carboxylic acids is 1. The molecule has 0 aliphatic carbocycles. The number of nitrogens with zero attached hydrogens (tertiary/aromatic N) is 1. The largest absolute Gasteiger partial charge is 0.477 e. The van der Waals surface area contributed by atoms with Crippen molar-refractivity contribution in [3.8, 4) is 0 Å². The summed E-state index contributed by atoms with van der Waals surface area (Å²) < 4.78 is 11.4. The van der Waals surface area contributed by atoms with Gasteiger partial charge in [-0.1, -0.05) is 13.8 Å². The first-order chi connectivity index (χ1) is 9.50. The van der Waals surface area contributed by atoms with Crippen LogP contribution < -0.4 is 0 Å². The van der Waals surface area contributed by atoms with Gasteiger partial charge < -0.3 is 14.6 Å². The van der Waals surface area contributed by atoms with Gasteiger partial charge in [-0.25, -0.2) is 9.78 Å². The molecule has 0 bridgehead atoms. The first-order valence-electron chi connectivity index (χ1n) is 6.96. The smallest absolute Gasteiger partial charge is 0.347 e. The average Bonchev–Trinajstić information content (AvgIpc) is 2.86. The lowest BCUT2D eigenvalue weighted by Gasteiger charge is -2.35. The predicted octanol–water partition coefficient (Wildman–Crippen LogP) is 3.01. The van der Waals surface area contributed by atoms with Gasteiger partial charge in [0.25, 0.3) is 0 Å². The second-order valence-corrected chi connectivity index (χ2v) is 6.23. The molecule has 2 rings (SSSR count). The number of carboxylic acid groups (broad SMARTS) is 1. The first kappa shape index (κ1) is 15.4. The maximum Gasteiger partial charge on any atom is 0.347 e. The van der Waals surface area contributed by atoms with E-state index >= 15 is 0 Å². The molecule has 2 heterocycles. The van der Waals surface area contributed by atoms with Crippen molar-refractivity contribution in [1.29, 1.82) is 0 Å². The van der Waals surface area contributed by atoms with Gasteiger partial charge in [-0.2, -0.15) is 0 Å². The van der Waals surface area contributed by atoms with Crippen LogP contribution >= 0.6 is 11.3 Å². The number of ether oxygens (including phenoxy) is 2. The van der Waals surface area contributed by atoms with Crippen molar-refractivity contribution in [3.05, 3.63) is 15.6 Å². The number of thiazole rings is 1. The summed E-state index contributed by atoms with van der Waals surface area (Å²) in [5.41, 5.74) is 0.178. The summed E-state index contributed by atoms with van der Waals surface area (Å²) in [5, 5.41) is 10.1. The van der Waals surface area contributed by atoms with Crippen molar-refractivity contribution in [2.24, 2.45) is 0 Å². The van der Waals surface area contributed by atoms with Gasteiger partial charge in [-0.3, -0.25) is 0 Å². The Labute approximate surface area is 122 Å². The molecule has 0 radical (unpaired) electrons. The third-order valence-corrected chi connectivity index (χ3v) is 4.75. The number of hydrogen-bond acceptors (Lipinski definition) is 5. The second-order valence-electron chi connectivity index (χ2n) is 5.23. The highest BCUT2D eigenvalue weighted by atomic mass is 32.1. The fourth-order valence-electron chi connectivity index (χ4n) is 2.47. The van der Waals surface area contributed by atoms with Crippen LogP contribution in [0.3, 0.4) is 0 Å². The highest BCUT2D eigenvalue weighted by Gasteiger charge is 2.39. The highest BCUT2D eigenvalue weighted by Crippen LogP contribution is 2.40. The second kappa shape index (κ2) is 6.20. The Morgan fingerprint density at radius 1 is 1.50 bits per heavy atom. The molecule has 1 fully saturated rings. The molecule has 20 heavy (non-hydrogen) atoms. The van der Waals surface area contributed by atoms with Crippen molar-refractivity contribution >= 4 is 17.3 Å². The van der Waals surface area contributed by atoms with Crippen LogP contribution in [0.25, 0.3) is 0 Å². The average molecular weight is 299 g/mol. The fraction of sp³-hybridized carbons (Fsp3) is 0.714. The summed E-state index contributed by atoms with van der Waals surface area (Å²) in [6.45, 7) is 7.70. The molecule has 1 aliphatic heterocycles. The predicted molar refractivity (Wildman–Crippen MR) is 76.5 cm³/mol. The van der Waals surface area contributed by atoms with Crippen LogP contribution in [0, 0.1) is 0 Å². The van der Waals surface area contributed by atoms with Gasteiger partial charge >= 0.3 is 5.97 Å². The number of rotatable bonds is 5. The Morgan fingerprint density at radius 2 is 2.15 bits per heavy atom. The van der Waals surface area contributed by atoms with E-state index in [1.54, 1.807) is 0 Å². The lowest BCUT2D eigenvalue weighted by molar-refractivity contribution is -0.112. The zero-order valence-electron chi connectivity index (χ0n) is 12.1. The summed E-state index contributed by atoms with van der Waals surface area (Å²) in [4.78, 5) is 16.3. The van der Waals surface area contributed by atoms with E-state index in [4.69, 9.17) is 9.47 Å². The summed E-state index contributed by atoms with van der Waals surface area (Å²) in [6, 6.07) is 0. The number of aromatic carboxylic acids is 1. The Bertz CT molecular complexity index is 472. The molecule has 1 aromatic heterocycles. The molecular weight excluding hydrogens is 278 g/mol. The number of hydrogen-bond donors (Lipinski definition) is 1. The summed E-state index contributed by atoms with van der Waals surface area (Å²) in [6.07, 6.45) is 1.45. The third-order valence-electron chi connectivity index (χ3n) is 3.51. The molecule has 0 aromatic carbocycles. The third kappa shape index (κ3) is 2.87. The Morgan fingerprint density at radius 3 is 2.60 bits per heavy atom. The van der Waals surface area contributed by atoms with E-state index in [1.165, 1.54) is 11.3 Å². The monoisotopic (exact) mass is 299 g/mol. The van der Waals surface area contributed by atoms with Crippen molar-refractivity contribution in [1.82, 2.24) is 4.98 Å². The Balaban J connectivity index is 2.43. The lowest BCUT2D eigenvalue weighted by atomic mass is 9.94. The minimum atomic E-state index is -0.906. The maximum absolute atomic E-state index is 11.4. The summed E-state index contributed by atoms with van der Waals surface area (Å²) in [7, 11) is 0. The Hall–Kier alpha value is -0.980. The van der Waals surface area contributed by atoms with Gasteiger partial charge in [0.2, 0.25) is 0 Å². The van der Waals surface area contributed by atoms with E-state index < -0.39 is 11.6 Å². The van der Waals surface area contributed by atoms with E-state index in [1.807, 2.05) is 20.8 Å². The molecule has 112 valence electrons. The van der Waals surface area contributed by atoms with Gasteiger partial charge in [0.15, 0.2) is 0 Å². The molecule has 1 N–H and O–H groups in total. The lowest BCUT2D eigenvalue weighted by Crippen LogP contribution is -2.36. The van der Waals surface area contributed by atoms with Gasteiger partial charge in [0.05, 0.1) is 5.69 Å². The van der Waals surface area contributed by atoms with Gasteiger partial charge in [-0.05, 0) is 12.8 Å². The SMILES string of the molecule is CCOC1(c2nc(C(C)C)c(C(=O)O)s2)CCOCC1. The molecule has 0 atom stereocenters. The molecule has 0 amide bonds. The fourth-order valence-corrected chi connectivity index (χ4v) is 3.73. The van der Waals surface area contributed by atoms with Crippen molar-refractivity contribution in [2.45, 2.75) is 45.1 Å².